The number of nitrogens with zero attached hydrogens (tertiary/aromatic N) is 1. The molecule has 0 radical (unpaired) electrons. The standard InChI is InChI=1S/C18H21N3/c1-13-10-15(12-20-18-19-11-14(2)21-18)8-9-17(13)16-6-4-3-5-7-16/h3-10,14H,11-12H2,1-2H3,(H2,19,20,21). The van der Waals surface area contributed by atoms with Crippen molar-refractivity contribution in [1.82, 2.24) is 10.6 Å². The zero-order valence-electron chi connectivity index (χ0n) is 12.6. The molecule has 0 spiro atoms. The van der Waals surface area contributed by atoms with E-state index in [0.717, 1.165) is 19.0 Å². The summed E-state index contributed by atoms with van der Waals surface area (Å²) in [6.45, 7) is 5.96. The predicted molar refractivity (Wildman–Crippen MR) is 88.4 cm³/mol. The third kappa shape index (κ3) is 3.24. The van der Waals surface area contributed by atoms with Gasteiger partial charge in [0.25, 0.3) is 0 Å². The maximum Gasteiger partial charge on any atom is 0.191 e. The third-order valence-corrected chi connectivity index (χ3v) is 3.74. The molecular weight excluding hydrogens is 258 g/mol. The van der Waals surface area contributed by atoms with Crippen LogP contribution < -0.4 is 10.6 Å². The highest BCUT2D eigenvalue weighted by molar-refractivity contribution is 5.81. The van der Waals surface area contributed by atoms with E-state index in [4.69, 9.17) is 0 Å². The van der Waals surface area contributed by atoms with Crippen LogP contribution in [-0.4, -0.2) is 18.5 Å². The zero-order chi connectivity index (χ0) is 14.7. The summed E-state index contributed by atoms with van der Waals surface area (Å²) >= 11 is 0. The van der Waals surface area contributed by atoms with Crippen molar-refractivity contribution in [3.63, 3.8) is 0 Å². The molecule has 21 heavy (non-hydrogen) atoms. The van der Waals surface area contributed by atoms with Crippen LogP contribution in [0.25, 0.3) is 11.1 Å². The van der Waals surface area contributed by atoms with E-state index in [1.165, 1.54) is 22.3 Å². The Bertz CT molecular complexity index is 647. The highest BCUT2D eigenvalue weighted by Crippen LogP contribution is 2.23. The smallest absolute Gasteiger partial charge is 0.191 e. The Labute approximate surface area is 126 Å². The minimum atomic E-state index is 0.440. The Hall–Kier alpha value is -2.29. The first-order chi connectivity index (χ1) is 10.2. The van der Waals surface area contributed by atoms with Crippen molar-refractivity contribution in [2.24, 2.45) is 4.99 Å². The van der Waals surface area contributed by atoms with Crippen LogP contribution in [0.5, 0.6) is 0 Å². The van der Waals surface area contributed by atoms with Crippen LogP contribution in [-0.2, 0) is 6.54 Å². The van der Waals surface area contributed by atoms with Gasteiger partial charge in [-0.25, -0.2) is 0 Å². The van der Waals surface area contributed by atoms with E-state index in [0.29, 0.717) is 6.04 Å². The largest absolute Gasteiger partial charge is 0.352 e. The minimum absolute atomic E-state index is 0.440. The highest BCUT2D eigenvalue weighted by Gasteiger charge is 2.11. The van der Waals surface area contributed by atoms with Crippen molar-refractivity contribution in [1.29, 1.82) is 0 Å². The Kier molecular flexibility index (Phi) is 3.91. The number of benzene rings is 2. The van der Waals surface area contributed by atoms with E-state index in [9.17, 15) is 0 Å². The van der Waals surface area contributed by atoms with Crippen molar-refractivity contribution in [2.45, 2.75) is 26.4 Å². The number of nitrogens with one attached hydrogen (secondary N) is 2. The summed E-state index contributed by atoms with van der Waals surface area (Å²) in [5.41, 5.74) is 5.14. The topological polar surface area (TPSA) is 36.4 Å². The zero-order valence-corrected chi connectivity index (χ0v) is 12.6. The second-order valence-electron chi connectivity index (χ2n) is 5.60. The number of hydrogen-bond donors (Lipinski definition) is 2. The van der Waals surface area contributed by atoms with E-state index in [-0.39, 0.29) is 0 Å². The van der Waals surface area contributed by atoms with Gasteiger partial charge >= 0.3 is 0 Å². The van der Waals surface area contributed by atoms with Gasteiger partial charge in [0.15, 0.2) is 5.96 Å². The Morgan fingerprint density at radius 2 is 2.00 bits per heavy atom. The van der Waals surface area contributed by atoms with Gasteiger partial charge in [-0.3, -0.25) is 4.99 Å². The molecule has 2 aromatic rings. The van der Waals surface area contributed by atoms with Crippen molar-refractivity contribution in [2.75, 3.05) is 6.54 Å². The Morgan fingerprint density at radius 3 is 2.67 bits per heavy atom. The summed E-state index contributed by atoms with van der Waals surface area (Å²) < 4.78 is 0. The predicted octanol–water partition coefficient (Wildman–Crippen LogP) is 3.10. The molecule has 1 unspecified atom stereocenters. The number of guanidine groups is 1. The van der Waals surface area contributed by atoms with Gasteiger partial charge in [0, 0.05) is 12.6 Å². The van der Waals surface area contributed by atoms with Crippen LogP contribution in [0.4, 0.5) is 0 Å². The maximum absolute atomic E-state index is 4.41. The van der Waals surface area contributed by atoms with E-state index in [2.05, 4.69) is 71.9 Å². The number of aliphatic imine (C=N–C) groups is 1. The van der Waals surface area contributed by atoms with Crippen molar-refractivity contribution in [3.8, 4) is 11.1 Å². The number of rotatable bonds is 3. The molecule has 0 aromatic heterocycles. The van der Waals surface area contributed by atoms with Crippen molar-refractivity contribution in [3.05, 3.63) is 59.7 Å². The first-order valence-corrected chi connectivity index (χ1v) is 7.42. The molecule has 3 rings (SSSR count). The Morgan fingerprint density at radius 1 is 1.19 bits per heavy atom. The lowest BCUT2D eigenvalue weighted by Gasteiger charge is -2.11. The molecule has 0 saturated carbocycles. The van der Waals surface area contributed by atoms with Crippen LogP contribution in [0.15, 0.2) is 53.5 Å². The molecule has 1 aliphatic rings. The van der Waals surface area contributed by atoms with Crippen LogP contribution in [0, 0.1) is 6.92 Å². The fraction of sp³-hybridized carbons (Fsp3) is 0.278. The summed E-state index contributed by atoms with van der Waals surface area (Å²) in [4.78, 5) is 4.41. The van der Waals surface area contributed by atoms with E-state index < -0.39 is 0 Å². The summed E-state index contributed by atoms with van der Waals surface area (Å²) in [6.07, 6.45) is 0. The molecule has 108 valence electrons. The highest BCUT2D eigenvalue weighted by atomic mass is 15.2. The van der Waals surface area contributed by atoms with Gasteiger partial charge in [0.1, 0.15) is 0 Å². The average Bonchev–Trinajstić information content (AvgIpc) is 2.92. The summed E-state index contributed by atoms with van der Waals surface area (Å²) in [7, 11) is 0. The van der Waals surface area contributed by atoms with Gasteiger partial charge < -0.3 is 10.6 Å². The molecule has 3 nitrogen and oxygen atoms in total. The summed E-state index contributed by atoms with van der Waals surface area (Å²) in [5.74, 6) is 0.910. The number of hydrogen-bond acceptors (Lipinski definition) is 3. The molecule has 0 bridgehead atoms. The van der Waals surface area contributed by atoms with E-state index >= 15 is 0 Å². The normalized spacial score (nSPS) is 17.2. The SMILES string of the molecule is Cc1cc(CNC2=NCC(C)N2)ccc1-c1ccccc1. The summed E-state index contributed by atoms with van der Waals surface area (Å²) in [5, 5.41) is 6.67. The lowest BCUT2D eigenvalue weighted by molar-refractivity contribution is 0.713. The molecule has 0 fully saturated rings. The molecule has 0 amide bonds. The van der Waals surface area contributed by atoms with Gasteiger partial charge in [-0.05, 0) is 36.1 Å². The number of aryl methyl sites for hydroxylation is 1. The maximum atomic E-state index is 4.41. The van der Waals surface area contributed by atoms with Crippen molar-refractivity contribution < 1.29 is 0 Å². The fourth-order valence-corrected chi connectivity index (χ4v) is 2.62. The molecule has 2 N–H and O–H groups in total. The van der Waals surface area contributed by atoms with Gasteiger partial charge in [0.05, 0.1) is 6.54 Å². The van der Waals surface area contributed by atoms with Crippen LogP contribution >= 0.6 is 0 Å². The van der Waals surface area contributed by atoms with Gasteiger partial charge in [0.2, 0.25) is 0 Å². The van der Waals surface area contributed by atoms with E-state index in [1.807, 2.05) is 6.07 Å². The third-order valence-electron chi connectivity index (χ3n) is 3.74. The molecule has 0 saturated heterocycles. The van der Waals surface area contributed by atoms with Crippen LogP contribution in [0.3, 0.4) is 0 Å². The van der Waals surface area contributed by atoms with Gasteiger partial charge in [-0.15, -0.1) is 0 Å². The average molecular weight is 279 g/mol. The fourth-order valence-electron chi connectivity index (χ4n) is 2.62. The second kappa shape index (κ2) is 6.00. The minimum Gasteiger partial charge on any atom is -0.352 e. The first kappa shape index (κ1) is 13.7. The molecule has 3 heteroatoms. The first-order valence-electron chi connectivity index (χ1n) is 7.42. The lowest BCUT2D eigenvalue weighted by atomic mass is 9.98. The quantitative estimate of drug-likeness (QED) is 0.906. The van der Waals surface area contributed by atoms with Crippen LogP contribution in [0.1, 0.15) is 18.1 Å². The monoisotopic (exact) mass is 279 g/mol. The molecule has 1 aliphatic heterocycles. The molecule has 0 aliphatic carbocycles. The molecular formula is C18H21N3. The van der Waals surface area contributed by atoms with Crippen LogP contribution in [0.2, 0.25) is 0 Å². The second-order valence-corrected chi connectivity index (χ2v) is 5.60. The summed E-state index contributed by atoms with van der Waals surface area (Å²) in [6, 6.07) is 17.6. The molecule has 1 atom stereocenters. The lowest BCUT2D eigenvalue weighted by Crippen LogP contribution is -2.37. The van der Waals surface area contributed by atoms with E-state index in [1.54, 1.807) is 0 Å². The Balaban J connectivity index is 1.70. The molecule has 1 heterocycles. The van der Waals surface area contributed by atoms with Crippen molar-refractivity contribution >= 4 is 5.96 Å². The van der Waals surface area contributed by atoms with Gasteiger partial charge in [-0.1, -0.05) is 48.5 Å². The van der Waals surface area contributed by atoms with Gasteiger partial charge in [-0.2, -0.15) is 0 Å². The molecule has 2 aromatic carbocycles.